The van der Waals surface area contributed by atoms with Gasteiger partial charge in [0, 0.05) is 27.1 Å². The van der Waals surface area contributed by atoms with Crippen LogP contribution in [0.3, 0.4) is 0 Å². The van der Waals surface area contributed by atoms with Crippen molar-refractivity contribution in [3.05, 3.63) is 11.6 Å². The Morgan fingerprint density at radius 1 is 1.33 bits per heavy atom. The maximum atomic E-state index is 12.2. The number of allylic oxidation sites excluding steroid dienone is 2. The van der Waals surface area contributed by atoms with Gasteiger partial charge in [-0.25, -0.2) is 0 Å². The predicted octanol–water partition coefficient (Wildman–Crippen LogP) is 3.97. The molecule has 0 heterocycles. The minimum absolute atomic E-state index is 0.0644. The van der Waals surface area contributed by atoms with Crippen molar-refractivity contribution in [1.82, 2.24) is 0 Å². The third-order valence-corrected chi connectivity index (χ3v) is 6.60. The molecule has 2 aliphatic rings. The zero-order chi connectivity index (χ0) is 15.8. The van der Waals surface area contributed by atoms with Gasteiger partial charge >= 0.3 is 0 Å². The monoisotopic (exact) mass is 294 g/mol. The molecule has 0 unspecified atom stereocenters. The van der Waals surface area contributed by atoms with Gasteiger partial charge in [0.15, 0.2) is 12.1 Å². The lowest BCUT2D eigenvalue weighted by atomic mass is 9.47. The lowest BCUT2D eigenvalue weighted by Crippen LogP contribution is -2.52. The van der Waals surface area contributed by atoms with Crippen molar-refractivity contribution in [3.63, 3.8) is 0 Å². The summed E-state index contributed by atoms with van der Waals surface area (Å²) in [5, 5.41) is 0. The number of hydrogen-bond donors (Lipinski definition) is 0. The van der Waals surface area contributed by atoms with Crippen LogP contribution in [-0.2, 0) is 14.3 Å². The molecule has 0 radical (unpaired) electrons. The summed E-state index contributed by atoms with van der Waals surface area (Å²) in [4.78, 5) is 12.2. The van der Waals surface area contributed by atoms with Crippen LogP contribution in [0.5, 0.6) is 0 Å². The summed E-state index contributed by atoms with van der Waals surface area (Å²) in [5.41, 5.74) is 1.46. The Balaban J connectivity index is 2.39. The highest BCUT2D eigenvalue weighted by molar-refractivity contribution is 5.92. The van der Waals surface area contributed by atoms with E-state index in [1.807, 2.05) is 6.08 Å². The fourth-order valence-electron chi connectivity index (χ4n) is 4.65. The van der Waals surface area contributed by atoms with Crippen LogP contribution in [-0.4, -0.2) is 26.3 Å². The van der Waals surface area contributed by atoms with Gasteiger partial charge in [0.1, 0.15) is 0 Å². The number of methoxy groups -OCH3 is 2. The third-order valence-electron chi connectivity index (χ3n) is 6.60. The van der Waals surface area contributed by atoms with Crippen LogP contribution < -0.4 is 0 Å². The Morgan fingerprint density at radius 3 is 2.52 bits per heavy atom. The van der Waals surface area contributed by atoms with Crippen LogP contribution in [0.2, 0.25) is 0 Å². The number of carbonyl (C=O) groups excluding carboxylic acids is 1. The standard InChI is InChI=1S/C18H30O3/c1-12-7-8-17(3)13(2)9-14(19)10-15(17)18(12,4)11-16(20-5)21-6/h9,12,15-16H,7-8,10-11H2,1-6H3/t12-,15+,17+,18+/m1/s1. The predicted molar refractivity (Wildman–Crippen MR) is 83.9 cm³/mol. The van der Waals surface area contributed by atoms with E-state index in [9.17, 15) is 4.79 Å². The number of carbonyl (C=O) groups is 1. The molecule has 3 heteroatoms. The second-order valence-corrected chi connectivity index (χ2v) is 7.52. The van der Waals surface area contributed by atoms with E-state index < -0.39 is 0 Å². The van der Waals surface area contributed by atoms with E-state index in [1.165, 1.54) is 18.4 Å². The van der Waals surface area contributed by atoms with Crippen molar-refractivity contribution in [2.24, 2.45) is 22.7 Å². The van der Waals surface area contributed by atoms with Gasteiger partial charge in [-0.3, -0.25) is 4.79 Å². The van der Waals surface area contributed by atoms with Gasteiger partial charge in [0.25, 0.3) is 0 Å². The molecule has 0 aromatic heterocycles. The van der Waals surface area contributed by atoms with Crippen LogP contribution in [0, 0.1) is 22.7 Å². The second-order valence-electron chi connectivity index (χ2n) is 7.52. The van der Waals surface area contributed by atoms with E-state index in [0.29, 0.717) is 18.3 Å². The highest BCUT2D eigenvalue weighted by atomic mass is 16.7. The van der Waals surface area contributed by atoms with Crippen LogP contribution in [0.25, 0.3) is 0 Å². The molecule has 2 aliphatic carbocycles. The van der Waals surface area contributed by atoms with E-state index >= 15 is 0 Å². The van der Waals surface area contributed by atoms with E-state index in [4.69, 9.17) is 9.47 Å². The molecule has 21 heavy (non-hydrogen) atoms. The number of fused-ring (bicyclic) bond motifs is 1. The van der Waals surface area contributed by atoms with E-state index in [1.54, 1.807) is 14.2 Å². The summed E-state index contributed by atoms with van der Waals surface area (Å²) in [5.74, 6) is 1.22. The molecule has 0 N–H and O–H groups in total. The normalized spacial score (nSPS) is 40.1. The Hall–Kier alpha value is -0.670. The quantitative estimate of drug-likeness (QED) is 0.736. The van der Waals surface area contributed by atoms with Crippen molar-refractivity contribution in [2.75, 3.05) is 14.2 Å². The molecule has 0 spiro atoms. The first-order valence-electron chi connectivity index (χ1n) is 8.05. The van der Waals surface area contributed by atoms with Gasteiger partial charge in [0.2, 0.25) is 0 Å². The summed E-state index contributed by atoms with van der Waals surface area (Å²) in [6.45, 7) is 9.12. The zero-order valence-corrected chi connectivity index (χ0v) is 14.4. The molecule has 0 saturated heterocycles. The molecule has 1 fully saturated rings. The third kappa shape index (κ3) is 2.70. The molecule has 3 nitrogen and oxygen atoms in total. The van der Waals surface area contributed by atoms with Crippen LogP contribution >= 0.6 is 0 Å². The Morgan fingerprint density at radius 2 is 1.95 bits per heavy atom. The van der Waals surface area contributed by atoms with Gasteiger partial charge in [-0.1, -0.05) is 26.3 Å². The first-order valence-corrected chi connectivity index (χ1v) is 8.05. The summed E-state index contributed by atoms with van der Waals surface area (Å²) < 4.78 is 10.9. The summed E-state index contributed by atoms with van der Waals surface area (Å²) >= 11 is 0. The van der Waals surface area contributed by atoms with E-state index in [2.05, 4.69) is 27.7 Å². The number of ketones is 1. The molecule has 0 amide bonds. The Labute approximate surface area is 129 Å². The fraction of sp³-hybridized carbons (Fsp3) is 0.833. The molecule has 0 bridgehead atoms. The van der Waals surface area contributed by atoms with Crippen LogP contribution in [0.15, 0.2) is 11.6 Å². The van der Waals surface area contributed by atoms with Crippen LogP contribution in [0.1, 0.15) is 53.4 Å². The zero-order valence-electron chi connectivity index (χ0n) is 14.4. The topological polar surface area (TPSA) is 35.5 Å². The van der Waals surface area contributed by atoms with Crippen molar-refractivity contribution in [1.29, 1.82) is 0 Å². The average molecular weight is 294 g/mol. The van der Waals surface area contributed by atoms with Crippen LogP contribution in [0.4, 0.5) is 0 Å². The smallest absolute Gasteiger partial charge is 0.157 e. The molecule has 0 aliphatic heterocycles. The molecular formula is C18H30O3. The van der Waals surface area contributed by atoms with Crippen molar-refractivity contribution in [3.8, 4) is 0 Å². The average Bonchev–Trinajstić information content (AvgIpc) is 2.44. The summed E-state index contributed by atoms with van der Waals surface area (Å²) in [7, 11) is 3.39. The number of ether oxygens (including phenoxy) is 2. The number of hydrogen-bond acceptors (Lipinski definition) is 3. The highest BCUT2D eigenvalue weighted by Crippen LogP contribution is 2.61. The molecule has 1 saturated carbocycles. The first-order chi connectivity index (χ1) is 9.77. The minimum Gasteiger partial charge on any atom is -0.356 e. The number of rotatable bonds is 4. The molecule has 2 rings (SSSR count). The van der Waals surface area contributed by atoms with Gasteiger partial charge in [-0.05, 0) is 48.5 Å². The Bertz CT molecular complexity index is 438. The summed E-state index contributed by atoms with van der Waals surface area (Å²) in [6.07, 6.45) is 5.56. The fourth-order valence-corrected chi connectivity index (χ4v) is 4.65. The highest BCUT2D eigenvalue weighted by Gasteiger charge is 2.55. The largest absolute Gasteiger partial charge is 0.356 e. The lowest BCUT2D eigenvalue weighted by molar-refractivity contribution is -0.160. The molecule has 0 aromatic rings. The SMILES string of the molecule is COC(C[C@@]1(C)[C@H](C)CC[C@@]2(C)C(C)=CC(=O)C[C@H]12)OC. The first kappa shape index (κ1) is 16.7. The lowest BCUT2D eigenvalue weighted by Gasteiger charge is -2.58. The van der Waals surface area contributed by atoms with E-state index in [-0.39, 0.29) is 22.9 Å². The Kier molecular flexibility index (Phi) is 4.65. The molecule has 0 aromatic carbocycles. The molecule has 120 valence electrons. The molecular weight excluding hydrogens is 264 g/mol. The summed E-state index contributed by atoms with van der Waals surface area (Å²) in [6, 6.07) is 0. The van der Waals surface area contributed by atoms with Gasteiger partial charge in [-0.2, -0.15) is 0 Å². The molecule has 4 atom stereocenters. The van der Waals surface area contributed by atoms with Crippen molar-refractivity contribution in [2.45, 2.75) is 59.7 Å². The van der Waals surface area contributed by atoms with Gasteiger partial charge < -0.3 is 9.47 Å². The van der Waals surface area contributed by atoms with E-state index in [0.717, 1.165) is 6.42 Å². The van der Waals surface area contributed by atoms with Crippen molar-refractivity contribution < 1.29 is 14.3 Å². The van der Waals surface area contributed by atoms with Gasteiger partial charge in [-0.15, -0.1) is 0 Å². The van der Waals surface area contributed by atoms with Gasteiger partial charge in [0.05, 0.1) is 0 Å². The maximum Gasteiger partial charge on any atom is 0.157 e. The van der Waals surface area contributed by atoms with Crippen molar-refractivity contribution >= 4 is 5.78 Å². The second kappa shape index (κ2) is 5.85. The minimum atomic E-state index is -0.193. The maximum absolute atomic E-state index is 12.2.